The van der Waals surface area contributed by atoms with E-state index in [1.807, 2.05) is 0 Å². The first-order chi connectivity index (χ1) is 25.5. The molecule has 6 rings (SSSR count). The predicted octanol–water partition coefficient (Wildman–Crippen LogP) is 11.4. The second-order valence-corrected chi connectivity index (χ2v) is 30.8. The molecule has 0 radical (unpaired) electrons. The molecule has 0 spiro atoms. The molecule has 1 unspecified atom stereocenters. The number of hydrogen-bond acceptors (Lipinski definition) is 4. The van der Waals surface area contributed by atoms with E-state index >= 15 is 0 Å². The SMILES string of the molecule is CCC[Si](C)(C)c1ccc2c3ccc([Si](C)(C)CCC)cc3n(-c3cc(C(C)(C)CC(C)(C)C)cc(B4OC(C)(C)C(C)(C)O4)c3OC3CCCCO3)c2c1. The monoisotopic (exact) mass is 782 g/mol. The molecule has 5 nitrogen and oxygen atoms in total. The van der Waals surface area contributed by atoms with Gasteiger partial charge in [-0.05, 0) is 81.5 Å². The maximum absolute atomic E-state index is 7.24. The molecule has 55 heavy (non-hydrogen) atoms. The van der Waals surface area contributed by atoms with Gasteiger partial charge >= 0.3 is 7.12 Å². The van der Waals surface area contributed by atoms with Crippen LogP contribution in [0.15, 0.2) is 48.5 Å². The van der Waals surface area contributed by atoms with Gasteiger partial charge in [0.25, 0.3) is 0 Å². The van der Waals surface area contributed by atoms with Crippen LogP contribution in [0.5, 0.6) is 5.75 Å². The minimum absolute atomic E-state index is 0.126. The molecule has 1 atom stereocenters. The Labute approximate surface area is 336 Å². The molecular weight excluding hydrogens is 710 g/mol. The standard InChI is InChI=1S/C47H72BNO4Si2/c1-16-26-54(12,13)34-21-23-36-37-24-22-35(55(14,15)27-17-2)31-40(37)49(39(36)30-34)41-29-33(45(6,7)32-44(3,4)5)28-38(43(41)51-42-20-18-19-25-50-42)48-52-46(8,9)47(10,11)53-48/h21-24,28-31,42H,16-20,25-27,32H2,1-15H3. The van der Waals surface area contributed by atoms with Crippen LogP contribution in [0, 0.1) is 5.41 Å². The van der Waals surface area contributed by atoms with Gasteiger partial charge in [0, 0.05) is 22.7 Å². The Bertz CT molecular complexity index is 1920. The number of nitrogens with zero attached hydrogens (tertiary/aromatic N) is 1. The third-order valence-electron chi connectivity index (χ3n) is 13.1. The van der Waals surface area contributed by atoms with Crippen molar-refractivity contribution < 1.29 is 18.8 Å². The van der Waals surface area contributed by atoms with Gasteiger partial charge in [-0.15, -0.1) is 0 Å². The van der Waals surface area contributed by atoms with Crippen molar-refractivity contribution in [3.63, 3.8) is 0 Å². The van der Waals surface area contributed by atoms with Crippen molar-refractivity contribution in [1.29, 1.82) is 0 Å². The second kappa shape index (κ2) is 15.1. The van der Waals surface area contributed by atoms with Crippen LogP contribution in [-0.4, -0.2) is 51.9 Å². The Kier molecular flexibility index (Phi) is 11.6. The molecule has 3 aromatic carbocycles. The highest BCUT2D eigenvalue weighted by Gasteiger charge is 2.53. The number of aromatic nitrogens is 1. The fourth-order valence-corrected chi connectivity index (χ4v) is 14.7. The summed E-state index contributed by atoms with van der Waals surface area (Å²) < 4.78 is 30.1. The lowest BCUT2D eigenvalue weighted by Crippen LogP contribution is -2.41. The minimum Gasteiger partial charge on any atom is -0.463 e. The first-order valence-electron chi connectivity index (χ1n) is 21.4. The van der Waals surface area contributed by atoms with E-state index in [4.69, 9.17) is 18.8 Å². The van der Waals surface area contributed by atoms with E-state index in [1.54, 1.807) is 0 Å². The molecule has 1 aromatic heterocycles. The number of benzene rings is 3. The molecule has 0 amide bonds. The zero-order chi connectivity index (χ0) is 40.4. The van der Waals surface area contributed by atoms with E-state index in [0.29, 0.717) is 6.61 Å². The smallest absolute Gasteiger partial charge is 0.463 e. The number of fused-ring (bicyclic) bond motifs is 3. The zero-order valence-electron chi connectivity index (χ0n) is 37.2. The summed E-state index contributed by atoms with van der Waals surface area (Å²) in [6.07, 6.45) is 6.07. The average Bonchev–Trinajstić information content (AvgIpc) is 3.51. The Morgan fingerprint density at radius 2 is 1.29 bits per heavy atom. The highest BCUT2D eigenvalue weighted by molar-refractivity contribution is 6.90. The minimum atomic E-state index is -1.70. The molecule has 0 bridgehead atoms. The van der Waals surface area contributed by atoms with E-state index in [0.717, 1.165) is 42.6 Å². The van der Waals surface area contributed by atoms with Crippen LogP contribution in [0.3, 0.4) is 0 Å². The summed E-state index contributed by atoms with van der Waals surface area (Å²) in [4.78, 5) is 0. The van der Waals surface area contributed by atoms with Gasteiger partial charge in [0.05, 0.1) is 50.7 Å². The molecule has 0 saturated carbocycles. The lowest BCUT2D eigenvalue weighted by Gasteiger charge is -2.35. The van der Waals surface area contributed by atoms with Crippen molar-refractivity contribution in [1.82, 2.24) is 4.57 Å². The van der Waals surface area contributed by atoms with Gasteiger partial charge in [-0.25, -0.2) is 0 Å². The summed E-state index contributed by atoms with van der Waals surface area (Å²) in [6.45, 7) is 35.9. The van der Waals surface area contributed by atoms with Crippen molar-refractivity contribution >= 4 is 60.9 Å². The van der Waals surface area contributed by atoms with E-state index in [2.05, 4.69) is 155 Å². The van der Waals surface area contributed by atoms with E-state index in [1.165, 1.54) is 62.7 Å². The van der Waals surface area contributed by atoms with Gasteiger partial charge in [0.2, 0.25) is 0 Å². The van der Waals surface area contributed by atoms with Crippen LogP contribution in [0.4, 0.5) is 0 Å². The van der Waals surface area contributed by atoms with Crippen molar-refractivity contribution in [2.45, 2.75) is 176 Å². The Morgan fingerprint density at radius 1 is 0.764 bits per heavy atom. The Hall–Kier alpha value is -2.36. The van der Waals surface area contributed by atoms with Gasteiger partial charge in [0.15, 0.2) is 6.29 Å². The number of ether oxygens (including phenoxy) is 2. The first-order valence-corrected chi connectivity index (χ1v) is 27.8. The normalized spacial score (nSPS) is 19.5. The van der Waals surface area contributed by atoms with Crippen LogP contribution >= 0.6 is 0 Å². The van der Waals surface area contributed by atoms with Gasteiger partial charge < -0.3 is 23.3 Å². The maximum atomic E-state index is 7.24. The molecular formula is C47H72BNO4Si2. The molecule has 300 valence electrons. The second-order valence-electron chi connectivity index (χ2n) is 21.1. The fraction of sp³-hybridized carbons (Fsp3) is 0.617. The first kappa shape index (κ1) is 42.3. The molecule has 2 saturated heterocycles. The molecule has 2 aliphatic rings. The van der Waals surface area contributed by atoms with E-state index < -0.39 is 34.5 Å². The van der Waals surface area contributed by atoms with Gasteiger partial charge in [-0.1, -0.05) is 140 Å². The molecule has 2 aliphatic heterocycles. The van der Waals surface area contributed by atoms with E-state index in [9.17, 15) is 0 Å². The third-order valence-corrected chi connectivity index (χ3v) is 20.3. The van der Waals surface area contributed by atoms with Crippen LogP contribution in [0.2, 0.25) is 38.3 Å². The summed E-state index contributed by atoms with van der Waals surface area (Å²) in [6, 6.07) is 22.1. The highest BCUT2D eigenvalue weighted by atomic mass is 28.3. The largest absolute Gasteiger partial charge is 0.498 e. The van der Waals surface area contributed by atoms with Crippen LogP contribution < -0.4 is 20.6 Å². The van der Waals surface area contributed by atoms with Crippen LogP contribution in [-0.2, 0) is 19.5 Å². The lowest BCUT2D eigenvalue weighted by atomic mass is 9.69. The summed E-state index contributed by atoms with van der Waals surface area (Å²) >= 11 is 0. The Balaban J connectivity index is 1.76. The van der Waals surface area contributed by atoms with Crippen molar-refractivity contribution in [2.24, 2.45) is 5.41 Å². The van der Waals surface area contributed by atoms with Crippen molar-refractivity contribution in [2.75, 3.05) is 6.61 Å². The maximum Gasteiger partial charge on any atom is 0.498 e. The molecule has 0 N–H and O–H groups in total. The quantitative estimate of drug-likeness (QED) is 0.134. The van der Waals surface area contributed by atoms with Gasteiger partial charge in [-0.2, -0.15) is 0 Å². The lowest BCUT2D eigenvalue weighted by molar-refractivity contribution is -0.105. The molecule has 3 heterocycles. The van der Waals surface area contributed by atoms with E-state index in [-0.39, 0.29) is 17.1 Å². The van der Waals surface area contributed by atoms with Crippen molar-refractivity contribution in [3.05, 3.63) is 54.1 Å². The summed E-state index contributed by atoms with van der Waals surface area (Å²) in [7, 11) is -4.00. The van der Waals surface area contributed by atoms with Gasteiger partial charge in [0.1, 0.15) is 5.75 Å². The van der Waals surface area contributed by atoms with Crippen LogP contribution in [0.25, 0.3) is 27.5 Å². The fourth-order valence-electron chi connectivity index (χ4n) is 9.49. The zero-order valence-corrected chi connectivity index (χ0v) is 39.2. The van der Waals surface area contributed by atoms with Crippen LogP contribution in [0.1, 0.15) is 120 Å². The molecule has 4 aromatic rings. The molecule has 8 heteroatoms. The third kappa shape index (κ3) is 8.46. The number of rotatable bonds is 12. The summed E-state index contributed by atoms with van der Waals surface area (Å²) in [5.74, 6) is 0.811. The summed E-state index contributed by atoms with van der Waals surface area (Å²) in [5, 5.41) is 5.58. The highest BCUT2D eigenvalue weighted by Crippen LogP contribution is 2.44. The van der Waals surface area contributed by atoms with Crippen molar-refractivity contribution in [3.8, 4) is 11.4 Å². The summed E-state index contributed by atoms with van der Waals surface area (Å²) in [5.41, 5.74) is 4.73. The number of hydrogen-bond donors (Lipinski definition) is 0. The predicted molar refractivity (Wildman–Crippen MR) is 242 cm³/mol. The molecule has 2 fully saturated rings. The Morgan fingerprint density at radius 3 is 1.75 bits per heavy atom. The molecule has 0 aliphatic carbocycles. The average molecular weight is 782 g/mol. The topological polar surface area (TPSA) is 41.9 Å². The van der Waals surface area contributed by atoms with Gasteiger partial charge in [-0.3, -0.25) is 0 Å².